The van der Waals surface area contributed by atoms with E-state index in [1.165, 1.54) is 17.7 Å². The van der Waals surface area contributed by atoms with Gasteiger partial charge in [-0.1, -0.05) is 13.3 Å². The van der Waals surface area contributed by atoms with Crippen molar-refractivity contribution in [3.05, 3.63) is 11.1 Å². The highest BCUT2D eigenvalue weighted by Gasteiger charge is 2.06. The minimum atomic E-state index is 0.376. The van der Waals surface area contributed by atoms with E-state index in [-0.39, 0.29) is 0 Å². The number of unbranched alkanes of at least 4 members (excludes halogenated alkanes) is 1. The summed E-state index contributed by atoms with van der Waals surface area (Å²) >= 11 is 1.56. The summed E-state index contributed by atoms with van der Waals surface area (Å²) in [5.74, 6) is 0. The Kier molecular flexibility index (Phi) is 4.18. The van der Waals surface area contributed by atoms with Crippen molar-refractivity contribution >= 4 is 16.5 Å². The van der Waals surface area contributed by atoms with E-state index in [0.29, 0.717) is 11.2 Å². The van der Waals surface area contributed by atoms with Crippen LogP contribution in [0.15, 0.2) is 6.20 Å². The molecule has 0 saturated carbocycles. The summed E-state index contributed by atoms with van der Waals surface area (Å²) in [5, 5.41) is 4.08. The molecule has 0 aliphatic heterocycles. The first-order valence-electron chi connectivity index (χ1n) is 4.68. The van der Waals surface area contributed by atoms with E-state index in [4.69, 9.17) is 5.73 Å². The molecule has 0 spiro atoms. The number of aromatic nitrogens is 1. The second kappa shape index (κ2) is 5.19. The van der Waals surface area contributed by atoms with Gasteiger partial charge in [-0.2, -0.15) is 0 Å². The molecule has 3 N–H and O–H groups in total. The highest BCUT2D eigenvalue weighted by molar-refractivity contribution is 7.15. The molecule has 1 rings (SSSR count). The summed E-state index contributed by atoms with van der Waals surface area (Å²) in [5.41, 5.74) is 5.55. The van der Waals surface area contributed by atoms with Gasteiger partial charge in [-0.25, -0.2) is 4.98 Å². The molecule has 3 nitrogen and oxygen atoms in total. The zero-order chi connectivity index (χ0) is 9.68. The average Bonchev–Trinajstić information content (AvgIpc) is 2.52. The average molecular weight is 199 g/mol. The highest BCUT2D eigenvalue weighted by Crippen LogP contribution is 2.21. The number of nitrogen functional groups attached to an aromatic ring is 1. The Morgan fingerprint density at radius 2 is 2.46 bits per heavy atom. The summed E-state index contributed by atoms with van der Waals surface area (Å²) in [6, 6.07) is 0.376. The minimum Gasteiger partial charge on any atom is -0.375 e. The van der Waals surface area contributed by atoms with Gasteiger partial charge < -0.3 is 11.1 Å². The third-order valence-electron chi connectivity index (χ3n) is 1.95. The van der Waals surface area contributed by atoms with Gasteiger partial charge >= 0.3 is 0 Å². The number of hydrogen-bond acceptors (Lipinski definition) is 4. The van der Waals surface area contributed by atoms with Crippen LogP contribution in [0.3, 0.4) is 0 Å². The lowest BCUT2D eigenvalue weighted by molar-refractivity contribution is 0.560. The largest absolute Gasteiger partial charge is 0.375 e. The molecule has 0 amide bonds. The molecule has 0 aliphatic carbocycles. The number of nitrogens with two attached hydrogens (primary N) is 1. The molecule has 4 heteroatoms. The van der Waals surface area contributed by atoms with Crippen LogP contribution in [0.25, 0.3) is 0 Å². The fraction of sp³-hybridized carbons (Fsp3) is 0.667. The molecule has 1 aromatic heterocycles. The minimum absolute atomic E-state index is 0.376. The van der Waals surface area contributed by atoms with Gasteiger partial charge in [-0.3, -0.25) is 0 Å². The first kappa shape index (κ1) is 10.5. The number of nitrogens with zero attached hydrogens (tertiary/aromatic N) is 1. The Morgan fingerprint density at radius 3 is 3.00 bits per heavy atom. The molecule has 0 saturated heterocycles. The van der Waals surface area contributed by atoms with Crippen LogP contribution in [0, 0.1) is 0 Å². The van der Waals surface area contributed by atoms with Crippen LogP contribution in [0.2, 0.25) is 0 Å². The van der Waals surface area contributed by atoms with Gasteiger partial charge in [0.2, 0.25) is 0 Å². The van der Waals surface area contributed by atoms with Crippen LogP contribution in [0.5, 0.6) is 0 Å². The summed E-state index contributed by atoms with van der Waals surface area (Å²) < 4.78 is 0. The fourth-order valence-electron chi connectivity index (χ4n) is 1.10. The molecule has 13 heavy (non-hydrogen) atoms. The second-order valence-corrected chi connectivity index (χ2v) is 4.22. The molecule has 74 valence electrons. The topological polar surface area (TPSA) is 50.9 Å². The molecular formula is C9H17N3S. The van der Waals surface area contributed by atoms with E-state index in [9.17, 15) is 0 Å². The quantitative estimate of drug-likeness (QED) is 0.715. The van der Waals surface area contributed by atoms with Crippen molar-refractivity contribution in [2.24, 2.45) is 0 Å². The molecular weight excluding hydrogens is 182 g/mol. The van der Waals surface area contributed by atoms with E-state index < -0.39 is 0 Å². The SMILES string of the molecule is CCCCNC(C)c1cnc(N)s1. The number of thiazole rings is 1. The fourth-order valence-corrected chi connectivity index (χ4v) is 1.81. The maximum atomic E-state index is 5.55. The Bertz CT molecular complexity index is 247. The molecule has 1 atom stereocenters. The standard InChI is InChI=1S/C9H17N3S/c1-3-4-5-11-7(2)8-6-12-9(10)13-8/h6-7,11H,3-5H2,1-2H3,(H2,10,12). The molecule has 1 aromatic rings. The van der Waals surface area contributed by atoms with Gasteiger partial charge in [0.25, 0.3) is 0 Å². The van der Waals surface area contributed by atoms with E-state index in [1.54, 1.807) is 11.3 Å². The van der Waals surface area contributed by atoms with Crippen molar-refractivity contribution in [2.75, 3.05) is 12.3 Å². The van der Waals surface area contributed by atoms with Crippen LogP contribution < -0.4 is 11.1 Å². The highest BCUT2D eigenvalue weighted by atomic mass is 32.1. The zero-order valence-corrected chi connectivity index (χ0v) is 9.03. The van der Waals surface area contributed by atoms with Crippen LogP contribution in [-0.4, -0.2) is 11.5 Å². The summed E-state index contributed by atoms with van der Waals surface area (Å²) in [6.45, 7) is 5.40. The predicted octanol–water partition coefficient (Wildman–Crippen LogP) is 2.18. The molecule has 0 aromatic carbocycles. The number of nitrogens with one attached hydrogen (secondary N) is 1. The molecule has 0 bridgehead atoms. The lowest BCUT2D eigenvalue weighted by Crippen LogP contribution is -2.18. The Balaban J connectivity index is 2.35. The lowest BCUT2D eigenvalue weighted by atomic mass is 10.2. The molecule has 1 heterocycles. The van der Waals surface area contributed by atoms with Gasteiger partial charge in [0, 0.05) is 17.1 Å². The third kappa shape index (κ3) is 3.32. The van der Waals surface area contributed by atoms with Crippen molar-refractivity contribution < 1.29 is 0 Å². The first-order chi connectivity index (χ1) is 6.24. The van der Waals surface area contributed by atoms with E-state index in [0.717, 1.165) is 6.54 Å². The van der Waals surface area contributed by atoms with Crippen molar-refractivity contribution in [3.8, 4) is 0 Å². The van der Waals surface area contributed by atoms with E-state index in [1.807, 2.05) is 6.20 Å². The first-order valence-corrected chi connectivity index (χ1v) is 5.50. The Morgan fingerprint density at radius 1 is 1.69 bits per heavy atom. The summed E-state index contributed by atoms with van der Waals surface area (Å²) in [6.07, 6.45) is 4.30. The third-order valence-corrected chi connectivity index (χ3v) is 2.96. The smallest absolute Gasteiger partial charge is 0.180 e. The maximum absolute atomic E-state index is 5.55. The molecule has 0 fully saturated rings. The normalized spacial score (nSPS) is 13.1. The van der Waals surface area contributed by atoms with Crippen molar-refractivity contribution in [2.45, 2.75) is 32.7 Å². The second-order valence-electron chi connectivity index (χ2n) is 3.13. The molecule has 1 unspecified atom stereocenters. The Labute approximate surface area is 83.4 Å². The zero-order valence-electron chi connectivity index (χ0n) is 8.21. The van der Waals surface area contributed by atoms with Gasteiger partial charge in [-0.05, 0) is 19.9 Å². The van der Waals surface area contributed by atoms with Crippen LogP contribution >= 0.6 is 11.3 Å². The summed E-state index contributed by atoms with van der Waals surface area (Å²) in [7, 11) is 0. The maximum Gasteiger partial charge on any atom is 0.180 e. The molecule has 0 aliphatic rings. The van der Waals surface area contributed by atoms with E-state index in [2.05, 4.69) is 24.1 Å². The van der Waals surface area contributed by atoms with Crippen LogP contribution in [0.4, 0.5) is 5.13 Å². The van der Waals surface area contributed by atoms with Crippen LogP contribution in [-0.2, 0) is 0 Å². The monoisotopic (exact) mass is 199 g/mol. The van der Waals surface area contributed by atoms with Gasteiger partial charge in [0.1, 0.15) is 0 Å². The summed E-state index contributed by atoms with van der Waals surface area (Å²) in [4.78, 5) is 5.24. The van der Waals surface area contributed by atoms with Crippen molar-refractivity contribution in [1.82, 2.24) is 10.3 Å². The lowest BCUT2D eigenvalue weighted by Gasteiger charge is -2.10. The van der Waals surface area contributed by atoms with Gasteiger partial charge in [0.05, 0.1) is 0 Å². The predicted molar refractivity (Wildman–Crippen MR) is 57.9 cm³/mol. The van der Waals surface area contributed by atoms with E-state index >= 15 is 0 Å². The van der Waals surface area contributed by atoms with Crippen molar-refractivity contribution in [3.63, 3.8) is 0 Å². The van der Waals surface area contributed by atoms with Crippen molar-refractivity contribution in [1.29, 1.82) is 0 Å². The van der Waals surface area contributed by atoms with Gasteiger partial charge in [0.15, 0.2) is 5.13 Å². The molecule has 0 radical (unpaired) electrons. The number of hydrogen-bond donors (Lipinski definition) is 2. The van der Waals surface area contributed by atoms with Gasteiger partial charge in [-0.15, -0.1) is 11.3 Å². The van der Waals surface area contributed by atoms with Crippen LogP contribution in [0.1, 0.15) is 37.6 Å². The number of rotatable bonds is 5. The number of anilines is 1. The Hall–Kier alpha value is -0.610.